The second kappa shape index (κ2) is 4.72. The van der Waals surface area contributed by atoms with Crippen LogP contribution in [-0.2, 0) is 4.79 Å². The zero-order valence-electron chi connectivity index (χ0n) is 7.66. The molecule has 0 unspecified atom stereocenters. The van der Waals surface area contributed by atoms with E-state index in [2.05, 4.69) is 0 Å². The van der Waals surface area contributed by atoms with Gasteiger partial charge in [0.15, 0.2) is 11.6 Å². The third kappa shape index (κ3) is 3.15. The lowest BCUT2D eigenvalue weighted by molar-refractivity contribution is -0.112. The fraction of sp³-hybridized carbons (Fsp3) is 0.0909. The smallest absolute Gasteiger partial charge is 0.185 e. The maximum atomic E-state index is 11.4. The van der Waals surface area contributed by atoms with Crippen LogP contribution in [0, 0.1) is 0 Å². The van der Waals surface area contributed by atoms with Crippen molar-refractivity contribution >= 4 is 23.2 Å². The van der Waals surface area contributed by atoms with Crippen molar-refractivity contribution in [3.05, 3.63) is 47.0 Å². The number of allylic oxidation sites excluding steroid dienone is 2. The lowest BCUT2D eigenvalue weighted by atomic mass is 10.1. The van der Waals surface area contributed by atoms with Crippen molar-refractivity contribution in [1.29, 1.82) is 0 Å². The van der Waals surface area contributed by atoms with Crippen LogP contribution in [0.1, 0.15) is 17.3 Å². The molecule has 2 nitrogen and oxygen atoms in total. The number of hydrogen-bond acceptors (Lipinski definition) is 2. The second-order valence-electron chi connectivity index (χ2n) is 2.82. The van der Waals surface area contributed by atoms with E-state index in [4.69, 9.17) is 11.6 Å². The highest BCUT2D eigenvalue weighted by Gasteiger charge is 2.00. The standard InChI is InChI=1S/C11H9ClO2/c1-8(13)2-7-11(14)9-3-5-10(12)6-4-9/h2-7H,1H3/b7-2+. The summed E-state index contributed by atoms with van der Waals surface area (Å²) in [6.45, 7) is 1.39. The van der Waals surface area contributed by atoms with E-state index in [0.717, 1.165) is 0 Å². The molecular formula is C11H9ClO2. The molecule has 0 heterocycles. The largest absolute Gasteiger partial charge is 0.295 e. The van der Waals surface area contributed by atoms with E-state index in [9.17, 15) is 9.59 Å². The van der Waals surface area contributed by atoms with E-state index in [1.165, 1.54) is 19.1 Å². The molecule has 0 radical (unpaired) electrons. The lowest BCUT2D eigenvalue weighted by Gasteiger charge is -1.94. The molecule has 0 fully saturated rings. The zero-order chi connectivity index (χ0) is 10.6. The van der Waals surface area contributed by atoms with Gasteiger partial charge in [-0.2, -0.15) is 0 Å². The van der Waals surface area contributed by atoms with Gasteiger partial charge in [0.1, 0.15) is 0 Å². The molecule has 0 bridgehead atoms. The van der Waals surface area contributed by atoms with Gasteiger partial charge in [0.25, 0.3) is 0 Å². The number of rotatable bonds is 3. The Bertz CT molecular complexity index is 377. The zero-order valence-corrected chi connectivity index (χ0v) is 8.41. The summed E-state index contributed by atoms with van der Waals surface area (Å²) < 4.78 is 0. The second-order valence-corrected chi connectivity index (χ2v) is 3.25. The van der Waals surface area contributed by atoms with Crippen molar-refractivity contribution < 1.29 is 9.59 Å². The van der Waals surface area contributed by atoms with Gasteiger partial charge in [0, 0.05) is 10.6 Å². The molecule has 0 amide bonds. The minimum Gasteiger partial charge on any atom is -0.295 e. The summed E-state index contributed by atoms with van der Waals surface area (Å²) in [5.74, 6) is -0.343. The maximum Gasteiger partial charge on any atom is 0.185 e. The average molecular weight is 209 g/mol. The minimum atomic E-state index is -0.197. The van der Waals surface area contributed by atoms with Crippen LogP contribution in [0.15, 0.2) is 36.4 Å². The molecule has 0 aliphatic rings. The van der Waals surface area contributed by atoms with Gasteiger partial charge in [-0.3, -0.25) is 9.59 Å². The highest BCUT2D eigenvalue weighted by molar-refractivity contribution is 6.30. The van der Waals surface area contributed by atoms with Gasteiger partial charge in [0.05, 0.1) is 0 Å². The normalized spacial score (nSPS) is 10.4. The molecule has 14 heavy (non-hydrogen) atoms. The van der Waals surface area contributed by atoms with Crippen LogP contribution in [0.3, 0.4) is 0 Å². The number of benzene rings is 1. The third-order valence-corrected chi connectivity index (χ3v) is 1.85. The molecule has 0 aliphatic carbocycles. The fourth-order valence-corrected chi connectivity index (χ4v) is 1.03. The first-order valence-electron chi connectivity index (χ1n) is 4.08. The molecule has 0 saturated carbocycles. The Morgan fingerprint density at radius 3 is 2.21 bits per heavy atom. The summed E-state index contributed by atoms with van der Waals surface area (Å²) in [4.78, 5) is 22.0. The summed E-state index contributed by atoms with van der Waals surface area (Å²) >= 11 is 5.66. The first kappa shape index (κ1) is 10.7. The predicted molar refractivity (Wildman–Crippen MR) is 55.6 cm³/mol. The Labute approximate surface area is 87.2 Å². The van der Waals surface area contributed by atoms with Crippen LogP contribution in [0.4, 0.5) is 0 Å². The van der Waals surface area contributed by atoms with E-state index in [1.54, 1.807) is 24.3 Å². The molecule has 1 rings (SSSR count). The van der Waals surface area contributed by atoms with Crippen LogP contribution in [-0.4, -0.2) is 11.6 Å². The number of carbonyl (C=O) groups is 2. The molecule has 0 atom stereocenters. The minimum absolute atomic E-state index is 0.146. The number of carbonyl (C=O) groups excluding carboxylic acids is 2. The Balaban J connectivity index is 2.80. The summed E-state index contributed by atoms with van der Waals surface area (Å²) in [6, 6.07) is 6.51. The van der Waals surface area contributed by atoms with Crippen LogP contribution >= 0.6 is 11.6 Å². The van der Waals surface area contributed by atoms with Crippen molar-refractivity contribution in [2.24, 2.45) is 0 Å². The molecule has 0 aliphatic heterocycles. The molecule has 0 aromatic heterocycles. The van der Waals surface area contributed by atoms with Gasteiger partial charge in [-0.1, -0.05) is 11.6 Å². The van der Waals surface area contributed by atoms with E-state index in [-0.39, 0.29) is 11.6 Å². The Kier molecular flexibility index (Phi) is 3.60. The van der Waals surface area contributed by atoms with E-state index in [0.29, 0.717) is 10.6 Å². The monoisotopic (exact) mass is 208 g/mol. The first-order chi connectivity index (χ1) is 6.59. The summed E-state index contributed by atoms with van der Waals surface area (Å²) in [5.41, 5.74) is 0.520. The van der Waals surface area contributed by atoms with E-state index in [1.807, 2.05) is 0 Å². The Morgan fingerprint density at radius 2 is 1.71 bits per heavy atom. The Morgan fingerprint density at radius 1 is 1.14 bits per heavy atom. The molecule has 3 heteroatoms. The van der Waals surface area contributed by atoms with Crippen molar-refractivity contribution in [2.75, 3.05) is 0 Å². The highest BCUT2D eigenvalue weighted by atomic mass is 35.5. The molecule has 0 saturated heterocycles. The van der Waals surface area contributed by atoms with Gasteiger partial charge in [-0.05, 0) is 43.3 Å². The van der Waals surface area contributed by atoms with Crippen LogP contribution in [0.2, 0.25) is 5.02 Å². The number of halogens is 1. The third-order valence-electron chi connectivity index (χ3n) is 1.60. The Hall–Kier alpha value is -1.41. The molecule has 1 aromatic rings. The van der Waals surface area contributed by atoms with Gasteiger partial charge < -0.3 is 0 Å². The molecular weight excluding hydrogens is 200 g/mol. The summed E-state index contributed by atoms with van der Waals surface area (Å²) in [7, 11) is 0. The van der Waals surface area contributed by atoms with Crippen LogP contribution in [0.5, 0.6) is 0 Å². The summed E-state index contributed by atoms with van der Waals surface area (Å²) in [5, 5.41) is 0.581. The maximum absolute atomic E-state index is 11.4. The average Bonchev–Trinajstić information content (AvgIpc) is 2.15. The first-order valence-corrected chi connectivity index (χ1v) is 4.46. The molecule has 1 aromatic carbocycles. The predicted octanol–water partition coefficient (Wildman–Crippen LogP) is 2.67. The van der Waals surface area contributed by atoms with Gasteiger partial charge >= 0.3 is 0 Å². The van der Waals surface area contributed by atoms with Crippen molar-refractivity contribution in [1.82, 2.24) is 0 Å². The van der Waals surface area contributed by atoms with E-state index < -0.39 is 0 Å². The fourth-order valence-electron chi connectivity index (χ4n) is 0.903. The van der Waals surface area contributed by atoms with Crippen LogP contribution < -0.4 is 0 Å². The van der Waals surface area contributed by atoms with E-state index >= 15 is 0 Å². The molecule has 0 spiro atoms. The van der Waals surface area contributed by atoms with Crippen molar-refractivity contribution in [3.8, 4) is 0 Å². The van der Waals surface area contributed by atoms with Gasteiger partial charge in [-0.15, -0.1) is 0 Å². The SMILES string of the molecule is CC(=O)/C=C/C(=O)c1ccc(Cl)cc1. The lowest BCUT2D eigenvalue weighted by Crippen LogP contribution is -1.94. The number of hydrogen-bond donors (Lipinski definition) is 0. The van der Waals surface area contributed by atoms with Crippen molar-refractivity contribution in [2.45, 2.75) is 6.92 Å². The summed E-state index contributed by atoms with van der Waals surface area (Å²) in [6.07, 6.45) is 2.50. The topological polar surface area (TPSA) is 34.1 Å². The number of ketones is 2. The van der Waals surface area contributed by atoms with Gasteiger partial charge in [-0.25, -0.2) is 0 Å². The molecule has 72 valence electrons. The van der Waals surface area contributed by atoms with Crippen molar-refractivity contribution in [3.63, 3.8) is 0 Å². The molecule has 0 N–H and O–H groups in total. The highest BCUT2D eigenvalue weighted by Crippen LogP contribution is 2.10. The quantitative estimate of drug-likeness (QED) is 0.565. The van der Waals surface area contributed by atoms with Crippen LogP contribution in [0.25, 0.3) is 0 Å². The van der Waals surface area contributed by atoms with Gasteiger partial charge in [0.2, 0.25) is 0 Å².